The third kappa shape index (κ3) is 3.48. The number of thiazole rings is 1. The second-order valence-corrected chi connectivity index (χ2v) is 7.52. The molecule has 0 spiro atoms. The van der Waals surface area contributed by atoms with Crippen LogP contribution < -0.4 is 5.56 Å². The van der Waals surface area contributed by atoms with Gasteiger partial charge < -0.3 is 14.2 Å². The zero-order chi connectivity index (χ0) is 18.0. The number of aromatic nitrogens is 3. The van der Waals surface area contributed by atoms with Gasteiger partial charge in [0.05, 0.1) is 29.7 Å². The Bertz CT molecular complexity index is 946. The molecule has 3 aromatic rings. The minimum atomic E-state index is -0.138. The summed E-state index contributed by atoms with van der Waals surface area (Å²) in [5, 5.41) is 3.25. The first kappa shape index (κ1) is 17.7. The second kappa shape index (κ2) is 7.42. The van der Waals surface area contributed by atoms with Gasteiger partial charge in [-0.2, -0.15) is 0 Å². The summed E-state index contributed by atoms with van der Waals surface area (Å²) in [6.45, 7) is 3.10. The summed E-state index contributed by atoms with van der Waals surface area (Å²) in [5.41, 5.74) is 0.543. The van der Waals surface area contributed by atoms with Crippen LogP contribution in [0.3, 0.4) is 0 Å². The largest absolute Gasteiger partial charge is 0.383 e. The van der Waals surface area contributed by atoms with Gasteiger partial charge in [0.15, 0.2) is 0 Å². The number of fused-ring (bicyclic) bond motifs is 1. The molecule has 9 heteroatoms. The summed E-state index contributed by atoms with van der Waals surface area (Å²) in [4.78, 5) is 36.8. The standard InChI is InChI=1S/C16H18N4O3S2/c1-10-12-14(18-9-19(2)15(12)21)25-13(10)16(22)20(5-6-23-3)8-11-17-4-7-24-11/h4,7,9H,5-6,8H2,1-3H3. The van der Waals surface area contributed by atoms with E-state index in [4.69, 9.17) is 4.74 Å². The van der Waals surface area contributed by atoms with E-state index in [2.05, 4.69) is 9.97 Å². The van der Waals surface area contributed by atoms with Crippen molar-refractivity contribution in [2.75, 3.05) is 20.3 Å². The first-order valence-corrected chi connectivity index (χ1v) is 9.33. The third-order valence-corrected chi connectivity index (χ3v) is 5.82. The van der Waals surface area contributed by atoms with Crippen LogP contribution in [-0.2, 0) is 18.3 Å². The summed E-state index contributed by atoms with van der Waals surface area (Å²) in [5.74, 6) is -0.130. The Labute approximate surface area is 152 Å². The first-order valence-electron chi connectivity index (χ1n) is 7.64. The number of rotatable bonds is 6. The Balaban J connectivity index is 1.98. The van der Waals surface area contributed by atoms with Crippen LogP contribution in [0.4, 0.5) is 0 Å². The average molecular weight is 378 g/mol. The number of nitrogens with zero attached hydrogens (tertiary/aromatic N) is 4. The fraction of sp³-hybridized carbons (Fsp3) is 0.375. The van der Waals surface area contributed by atoms with Gasteiger partial charge in [-0.1, -0.05) is 0 Å². The molecule has 3 aromatic heterocycles. The van der Waals surface area contributed by atoms with Gasteiger partial charge in [0.25, 0.3) is 11.5 Å². The number of aryl methyl sites for hydroxylation is 2. The molecule has 0 fully saturated rings. The van der Waals surface area contributed by atoms with Gasteiger partial charge in [-0.05, 0) is 12.5 Å². The number of methoxy groups -OCH3 is 1. The average Bonchev–Trinajstić information content (AvgIpc) is 3.22. The molecule has 0 saturated heterocycles. The Morgan fingerprint density at radius 1 is 1.40 bits per heavy atom. The zero-order valence-electron chi connectivity index (χ0n) is 14.2. The molecule has 0 N–H and O–H groups in total. The Hall–Kier alpha value is -2.10. The summed E-state index contributed by atoms with van der Waals surface area (Å²) in [7, 11) is 3.26. The van der Waals surface area contributed by atoms with E-state index in [1.807, 2.05) is 5.38 Å². The molecule has 3 heterocycles. The highest BCUT2D eigenvalue weighted by atomic mass is 32.1. The summed E-state index contributed by atoms with van der Waals surface area (Å²) in [6, 6.07) is 0. The van der Waals surface area contributed by atoms with Crippen LogP contribution in [0.25, 0.3) is 10.2 Å². The van der Waals surface area contributed by atoms with E-state index in [1.165, 1.54) is 33.6 Å². The zero-order valence-corrected chi connectivity index (χ0v) is 15.8. The van der Waals surface area contributed by atoms with E-state index in [1.54, 1.807) is 32.2 Å². The number of carbonyl (C=O) groups is 1. The Kier molecular flexibility index (Phi) is 5.26. The molecule has 0 aliphatic rings. The number of amides is 1. The fourth-order valence-corrected chi connectivity index (χ4v) is 4.24. The van der Waals surface area contributed by atoms with Gasteiger partial charge in [0.1, 0.15) is 9.84 Å². The van der Waals surface area contributed by atoms with Gasteiger partial charge in [-0.15, -0.1) is 22.7 Å². The lowest BCUT2D eigenvalue weighted by Gasteiger charge is -2.21. The predicted octanol–water partition coefficient (Wildman–Crippen LogP) is 2.05. The van der Waals surface area contributed by atoms with E-state index in [-0.39, 0.29) is 11.5 Å². The molecule has 0 aromatic carbocycles. The van der Waals surface area contributed by atoms with E-state index in [0.29, 0.717) is 40.4 Å². The van der Waals surface area contributed by atoms with Crippen molar-refractivity contribution in [3.8, 4) is 0 Å². The lowest BCUT2D eigenvalue weighted by atomic mass is 10.2. The number of thiophene rings is 1. The van der Waals surface area contributed by atoms with Crippen molar-refractivity contribution in [2.45, 2.75) is 13.5 Å². The minimum Gasteiger partial charge on any atom is -0.383 e. The molecule has 132 valence electrons. The predicted molar refractivity (Wildman–Crippen MR) is 98.3 cm³/mol. The van der Waals surface area contributed by atoms with Crippen LogP contribution in [0.2, 0.25) is 0 Å². The van der Waals surface area contributed by atoms with Crippen LogP contribution >= 0.6 is 22.7 Å². The lowest BCUT2D eigenvalue weighted by molar-refractivity contribution is 0.0684. The van der Waals surface area contributed by atoms with Crippen molar-refractivity contribution >= 4 is 38.8 Å². The number of carbonyl (C=O) groups excluding carboxylic acids is 1. The molecular formula is C16H18N4O3S2. The van der Waals surface area contributed by atoms with Gasteiger partial charge in [-0.3, -0.25) is 9.59 Å². The number of hydrogen-bond donors (Lipinski definition) is 0. The van der Waals surface area contributed by atoms with E-state index >= 15 is 0 Å². The molecule has 7 nitrogen and oxygen atoms in total. The highest BCUT2D eigenvalue weighted by Crippen LogP contribution is 2.28. The summed E-state index contributed by atoms with van der Waals surface area (Å²) < 4.78 is 6.55. The van der Waals surface area contributed by atoms with Gasteiger partial charge in [0, 0.05) is 32.3 Å². The normalized spacial score (nSPS) is 11.2. The van der Waals surface area contributed by atoms with Gasteiger partial charge >= 0.3 is 0 Å². The van der Waals surface area contributed by atoms with E-state index < -0.39 is 0 Å². The summed E-state index contributed by atoms with van der Waals surface area (Å²) >= 11 is 2.76. The maximum Gasteiger partial charge on any atom is 0.264 e. The first-order chi connectivity index (χ1) is 12.0. The maximum atomic E-state index is 13.1. The molecule has 3 rings (SSSR count). The van der Waals surface area contributed by atoms with Crippen LogP contribution in [0.15, 0.2) is 22.7 Å². The molecule has 25 heavy (non-hydrogen) atoms. The topological polar surface area (TPSA) is 77.3 Å². The molecule has 0 atom stereocenters. The molecule has 0 saturated carbocycles. The van der Waals surface area contributed by atoms with Crippen LogP contribution in [0.5, 0.6) is 0 Å². The quantitative estimate of drug-likeness (QED) is 0.656. The van der Waals surface area contributed by atoms with Crippen molar-refractivity contribution < 1.29 is 9.53 Å². The molecule has 0 radical (unpaired) electrons. The van der Waals surface area contributed by atoms with Crippen molar-refractivity contribution in [1.82, 2.24) is 19.4 Å². The van der Waals surface area contributed by atoms with Crippen LogP contribution in [-0.4, -0.2) is 45.6 Å². The van der Waals surface area contributed by atoms with Crippen molar-refractivity contribution in [3.63, 3.8) is 0 Å². The van der Waals surface area contributed by atoms with Gasteiger partial charge in [0.2, 0.25) is 0 Å². The van der Waals surface area contributed by atoms with Crippen molar-refractivity contribution in [2.24, 2.45) is 7.05 Å². The molecule has 0 aliphatic carbocycles. The number of hydrogen-bond acceptors (Lipinski definition) is 7. The van der Waals surface area contributed by atoms with Crippen molar-refractivity contribution in [1.29, 1.82) is 0 Å². The lowest BCUT2D eigenvalue weighted by Crippen LogP contribution is -2.33. The van der Waals surface area contributed by atoms with Crippen LogP contribution in [0.1, 0.15) is 20.2 Å². The third-order valence-electron chi connectivity index (χ3n) is 3.87. The highest BCUT2D eigenvalue weighted by Gasteiger charge is 2.24. The monoisotopic (exact) mass is 378 g/mol. The SMILES string of the molecule is COCCN(Cc1nccs1)C(=O)c1sc2ncn(C)c(=O)c2c1C. The fourth-order valence-electron chi connectivity index (χ4n) is 2.50. The van der Waals surface area contributed by atoms with Gasteiger partial charge in [-0.25, -0.2) is 9.97 Å². The number of ether oxygens (including phenoxy) is 1. The van der Waals surface area contributed by atoms with Crippen LogP contribution in [0, 0.1) is 6.92 Å². The molecule has 1 amide bonds. The Morgan fingerprint density at radius 2 is 2.20 bits per heavy atom. The van der Waals surface area contributed by atoms with E-state index in [0.717, 1.165) is 5.01 Å². The molecule has 0 bridgehead atoms. The Morgan fingerprint density at radius 3 is 2.88 bits per heavy atom. The molecular weight excluding hydrogens is 360 g/mol. The second-order valence-electron chi connectivity index (χ2n) is 5.54. The molecule has 0 unspecified atom stereocenters. The van der Waals surface area contributed by atoms with E-state index in [9.17, 15) is 9.59 Å². The highest BCUT2D eigenvalue weighted by molar-refractivity contribution is 7.20. The minimum absolute atomic E-state index is 0.130. The maximum absolute atomic E-state index is 13.1. The summed E-state index contributed by atoms with van der Waals surface area (Å²) in [6.07, 6.45) is 3.20. The van der Waals surface area contributed by atoms with Crippen molar-refractivity contribution in [3.05, 3.63) is 43.7 Å². The molecule has 0 aliphatic heterocycles. The smallest absolute Gasteiger partial charge is 0.264 e.